The fourth-order valence-corrected chi connectivity index (χ4v) is 2.30. The zero-order valence-corrected chi connectivity index (χ0v) is 10.2. The fraction of sp³-hybridized carbons (Fsp3) is 0.500. The molecule has 0 aliphatic carbocycles. The summed E-state index contributed by atoms with van der Waals surface area (Å²) in [4.78, 5) is 6.59. The lowest BCUT2D eigenvalue weighted by Crippen LogP contribution is -2.18. The molecule has 1 atom stereocenters. The molecule has 0 saturated carbocycles. The van der Waals surface area contributed by atoms with E-state index in [1.807, 2.05) is 12.4 Å². The van der Waals surface area contributed by atoms with E-state index >= 15 is 0 Å². The van der Waals surface area contributed by atoms with Gasteiger partial charge in [0.25, 0.3) is 0 Å². The molecule has 0 radical (unpaired) electrons. The van der Waals surface area contributed by atoms with Crippen LogP contribution in [0.3, 0.4) is 0 Å². The molecule has 86 valence electrons. The van der Waals surface area contributed by atoms with Crippen LogP contribution in [0.15, 0.2) is 30.6 Å². The first kappa shape index (κ1) is 11.2. The predicted octanol–water partition coefficient (Wildman–Crippen LogP) is 3.17. The van der Waals surface area contributed by atoms with Gasteiger partial charge in [0.1, 0.15) is 0 Å². The maximum Gasteiger partial charge on any atom is 0.0400 e. The zero-order valence-electron chi connectivity index (χ0n) is 10.2. The summed E-state index contributed by atoms with van der Waals surface area (Å²) in [6.45, 7) is 6.90. The molecule has 1 saturated heterocycles. The molecule has 0 bridgehead atoms. The smallest absolute Gasteiger partial charge is 0.0400 e. The second-order valence-electron chi connectivity index (χ2n) is 4.57. The van der Waals surface area contributed by atoms with E-state index in [2.05, 4.69) is 41.9 Å². The first-order valence-electron chi connectivity index (χ1n) is 6.16. The van der Waals surface area contributed by atoms with E-state index in [1.165, 1.54) is 30.8 Å². The normalized spacial score (nSPS) is 21.5. The number of aromatic nitrogens is 1. The molecule has 1 aromatic rings. The average molecular weight is 216 g/mol. The van der Waals surface area contributed by atoms with Gasteiger partial charge in [0.05, 0.1) is 0 Å². The molecule has 2 heterocycles. The molecule has 1 unspecified atom stereocenters. The minimum Gasteiger partial charge on any atom is -0.371 e. The van der Waals surface area contributed by atoms with E-state index in [-0.39, 0.29) is 0 Å². The fourth-order valence-electron chi connectivity index (χ4n) is 2.30. The number of nitrogens with zero attached hydrogens (tertiary/aromatic N) is 2. The Kier molecular flexibility index (Phi) is 3.60. The Morgan fingerprint density at radius 3 is 2.81 bits per heavy atom. The molecule has 0 amide bonds. The van der Waals surface area contributed by atoms with Gasteiger partial charge >= 0.3 is 0 Å². The van der Waals surface area contributed by atoms with Crippen molar-refractivity contribution in [1.82, 2.24) is 9.88 Å². The van der Waals surface area contributed by atoms with Crippen molar-refractivity contribution in [3.8, 4) is 0 Å². The first-order valence-corrected chi connectivity index (χ1v) is 6.16. The van der Waals surface area contributed by atoms with Crippen molar-refractivity contribution < 1.29 is 0 Å². The van der Waals surface area contributed by atoms with Gasteiger partial charge in [-0.1, -0.05) is 19.9 Å². The van der Waals surface area contributed by atoms with Crippen LogP contribution in [0.5, 0.6) is 0 Å². The van der Waals surface area contributed by atoms with Gasteiger partial charge in [0.2, 0.25) is 0 Å². The van der Waals surface area contributed by atoms with Crippen LogP contribution in [-0.4, -0.2) is 23.0 Å². The number of rotatable bonds is 3. The van der Waals surface area contributed by atoms with Gasteiger partial charge in [-0.05, 0) is 30.9 Å². The number of likely N-dealkylation sites (tertiary alicyclic amines) is 1. The van der Waals surface area contributed by atoms with Crippen LogP contribution in [0, 0.1) is 5.92 Å². The van der Waals surface area contributed by atoms with Gasteiger partial charge in [-0.25, -0.2) is 0 Å². The summed E-state index contributed by atoms with van der Waals surface area (Å²) in [5.74, 6) is 0.821. The van der Waals surface area contributed by atoms with E-state index in [9.17, 15) is 0 Å². The van der Waals surface area contributed by atoms with Crippen molar-refractivity contribution in [1.29, 1.82) is 0 Å². The van der Waals surface area contributed by atoms with Crippen molar-refractivity contribution in [2.45, 2.75) is 26.7 Å². The summed E-state index contributed by atoms with van der Waals surface area (Å²) in [6, 6.07) is 4.20. The van der Waals surface area contributed by atoms with Gasteiger partial charge in [0, 0.05) is 36.7 Å². The molecule has 0 spiro atoms. The van der Waals surface area contributed by atoms with E-state index in [4.69, 9.17) is 0 Å². The van der Waals surface area contributed by atoms with Crippen molar-refractivity contribution in [3.63, 3.8) is 0 Å². The van der Waals surface area contributed by atoms with Crippen LogP contribution >= 0.6 is 0 Å². The highest BCUT2D eigenvalue weighted by molar-refractivity contribution is 5.63. The summed E-state index contributed by atoms with van der Waals surface area (Å²) in [6.07, 6.45) is 8.47. The first-order chi connectivity index (χ1) is 7.81. The van der Waals surface area contributed by atoms with Crippen LogP contribution in [0.25, 0.3) is 5.70 Å². The van der Waals surface area contributed by atoms with E-state index < -0.39 is 0 Å². The van der Waals surface area contributed by atoms with E-state index in [0.717, 1.165) is 12.3 Å². The predicted molar refractivity (Wildman–Crippen MR) is 67.9 cm³/mol. The Morgan fingerprint density at radius 1 is 1.50 bits per heavy atom. The summed E-state index contributed by atoms with van der Waals surface area (Å²) in [7, 11) is 0. The molecule has 2 rings (SSSR count). The third-order valence-corrected chi connectivity index (χ3v) is 3.14. The van der Waals surface area contributed by atoms with Gasteiger partial charge in [-0.15, -0.1) is 0 Å². The standard InChI is InChI=1S/C14H20N2/c1-3-4-14(13-5-8-15-9-6-13)16-10-7-12(2)11-16/h4-6,8-9,12H,3,7,10-11H2,1-2H3/b14-4-. The van der Waals surface area contributed by atoms with Crippen LogP contribution in [0.1, 0.15) is 32.3 Å². The molecule has 1 fully saturated rings. The Hall–Kier alpha value is -1.31. The molecule has 16 heavy (non-hydrogen) atoms. The Morgan fingerprint density at radius 2 is 2.25 bits per heavy atom. The topological polar surface area (TPSA) is 16.1 Å². The number of hydrogen-bond acceptors (Lipinski definition) is 2. The maximum atomic E-state index is 4.08. The van der Waals surface area contributed by atoms with Crippen molar-refractivity contribution in [3.05, 3.63) is 36.2 Å². The van der Waals surface area contributed by atoms with Crippen molar-refractivity contribution in [2.24, 2.45) is 5.92 Å². The third-order valence-electron chi connectivity index (χ3n) is 3.14. The lowest BCUT2D eigenvalue weighted by molar-refractivity contribution is 0.469. The molecule has 1 aliphatic rings. The molecule has 0 aromatic carbocycles. The van der Waals surface area contributed by atoms with Gasteiger partial charge < -0.3 is 4.90 Å². The second kappa shape index (κ2) is 5.15. The summed E-state index contributed by atoms with van der Waals surface area (Å²) in [5, 5.41) is 0. The monoisotopic (exact) mass is 216 g/mol. The minimum atomic E-state index is 0.821. The van der Waals surface area contributed by atoms with Crippen LogP contribution in [0.4, 0.5) is 0 Å². The van der Waals surface area contributed by atoms with Crippen LogP contribution < -0.4 is 0 Å². The van der Waals surface area contributed by atoms with Crippen LogP contribution in [-0.2, 0) is 0 Å². The summed E-state index contributed by atoms with van der Waals surface area (Å²) in [5.41, 5.74) is 2.68. The highest BCUT2D eigenvalue weighted by atomic mass is 15.2. The number of hydrogen-bond donors (Lipinski definition) is 0. The highest BCUT2D eigenvalue weighted by Crippen LogP contribution is 2.26. The lowest BCUT2D eigenvalue weighted by atomic mass is 10.1. The van der Waals surface area contributed by atoms with E-state index in [1.54, 1.807) is 0 Å². The van der Waals surface area contributed by atoms with Crippen molar-refractivity contribution in [2.75, 3.05) is 13.1 Å². The Balaban J connectivity index is 2.22. The van der Waals surface area contributed by atoms with E-state index in [0.29, 0.717) is 0 Å². The van der Waals surface area contributed by atoms with Gasteiger partial charge in [-0.3, -0.25) is 4.98 Å². The molecule has 1 aliphatic heterocycles. The second-order valence-corrected chi connectivity index (χ2v) is 4.57. The van der Waals surface area contributed by atoms with Crippen molar-refractivity contribution >= 4 is 5.70 Å². The number of pyridine rings is 1. The van der Waals surface area contributed by atoms with Gasteiger partial charge in [0.15, 0.2) is 0 Å². The van der Waals surface area contributed by atoms with Crippen LogP contribution in [0.2, 0.25) is 0 Å². The molecular weight excluding hydrogens is 196 g/mol. The molecule has 2 heteroatoms. The minimum absolute atomic E-state index is 0.821. The molecule has 1 aromatic heterocycles. The molecular formula is C14H20N2. The zero-order chi connectivity index (χ0) is 11.4. The Bertz CT molecular complexity index is 356. The maximum absolute atomic E-state index is 4.08. The SMILES string of the molecule is CC/C=C(/c1ccncc1)N1CCC(C)C1. The number of allylic oxidation sites excluding steroid dienone is 1. The largest absolute Gasteiger partial charge is 0.371 e. The summed E-state index contributed by atoms with van der Waals surface area (Å²) < 4.78 is 0. The average Bonchev–Trinajstić information content (AvgIpc) is 2.74. The van der Waals surface area contributed by atoms with Gasteiger partial charge in [-0.2, -0.15) is 0 Å². The molecule has 2 nitrogen and oxygen atoms in total. The molecule has 0 N–H and O–H groups in total. The lowest BCUT2D eigenvalue weighted by Gasteiger charge is -2.22. The highest BCUT2D eigenvalue weighted by Gasteiger charge is 2.20. The quantitative estimate of drug-likeness (QED) is 0.771. The third kappa shape index (κ3) is 2.43. The Labute approximate surface area is 98.0 Å². The summed E-state index contributed by atoms with van der Waals surface area (Å²) >= 11 is 0.